The van der Waals surface area contributed by atoms with E-state index < -0.39 is 0 Å². The third kappa shape index (κ3) is 2.06. The molecule has 3 rings (SSSR count). The van der Waals surface area contributed by atoms with Crippen molar-refractivity contribution >= 4 is 28.8 Å². The van der Waals surface area contributed by atoms with Crippen LogP contribution < -0.4 is 0 Å². The fraction of sp³-hybridized carbons (Fsp3) is 0.308. The second-order valence-electron chi connectivity index (χ2n) is 4.17. The van der Waals surface area contributed by atoms with Crippen molar-refractivity contribution in [2.45, 2.75) is 23.6 Å². The normalized spacial score (nSPS) is 19.2. The minimum atomic E-state index is -0.144. The zero-order valence-corrected chi connectivity index (χ0v) is 10.7. The molecule has 0 radical (unpaired) electrons. The highest BCUT2D eigenvalue weighted by atomic mass is 32.2. The first-order valence-electron chi connectivity index (χ1n) is 5.81. The van der Waals surface area contributed by atoms with Crippen molar-refractivity contribution in [3.63, 3.8) is 0 Å². The molecule has 0 N–H and O–H groups in total. The minimum absolute atomic E-state index is 0.140. The number of ether oxygens (including phenoxy) is 1. The molecule has 0 unspecified atom stereocenters. The fourth-order valence-electron chi connectivity index (χ4n) is 1.90. The number of nitrogens with zero attached hydrogens (tertiary/aromatic N) is 2. The summed E-state index contributed by atoms with van der Waals surface area (Å²) in [6.45, 7) is 2.43. The molecule has 2 aromatic rings. The molecule has 0 amide bonds. The summed E-state index contributed by atoms with van der Waals surface area (Å²) in [5.74, 6) is -0.144. The summed E-state index contributed by atoms with van der Waals surface area (Å²) in [6, 6.07) is 7.74. The number of benzene rings is 1. The smallest absolute Gasteiger partial charge is 0.319 e. The van der Waals surface area contributed by atoms with Gasteiger partial charge in [-0.25, -0.2) is 9.97 Å². The van der Waals surface area contributed by atoms with Crippen LogP contribution in [0.15, 0.2) is 29.3 Å². The van der Waals surface area contributed by atoms with Gasteiger partial charge in [0.2, 0.25) is 0 Å². The van der Waals surface area contributed by atoms with E-state index in [9.17, 15) is 4.79 Å². The summed E-state index contributed by atoms with van der Waals surface area (Å²) >= 11 is 1.45. The summed E-state index contributed by atoms with van der Waals surface area (Å²) < 4.78 is 4.96. The zero-order chi connectivity index (χ0) is 12.5. The number of aryl methyl sites for hydroxylation is 1. The van der Waals surface area contributed by atoms with Crippen LogP contribution in [-0.2, 0) is 9.53 Å². The van der Waals surface area contributed by atoms with Crippen LogP contribution in [0.25, 0.3) is 11.0 Å². The fourth-order valence-corrected chi connectivity index (χ4v) is 2.92. The lowest BCUT2D eigenvalue weighted by molar-refractivity contribution is -0.137. The summed E-state index contributed by atoms with van der Waals surface area (Å²) in [4.78, 5) is 20.5. The van der Waals surface area contributed by atoms with Crippen LogP contribution in [0.5, 0.6) is 0 Å². The summed E-state index contributed by atoms with van der Waals surface area (Å²) in [7, 11) is 0. The Morgan fingerprint density at radius 1 is 1.28 bits per heavy atom. The van der Waals surface area contributed by atoms with E-state index in [1.54, 1.807) is 0 Å². The van der Waals surface area contributed by atoms with Gasteiger partial charge in [-0.2, -0.15) is 0 Å². The minimum Gasteiger partial charge on any atom is -0.465 e. The van der Waals surface area contributed by atoms with E-state index in [1.807, 2.05) is 31.2 Å². The summed E-state index contributed by atoms with van der Waals surface area (Å²) in [5, 5.41) is 0.678. The van der Waals surface area contributed by atoms with E-state index in [0.717, 1.165) is 28.2 Å². The number of hydrogen-bond donors (Lipinski definition) is 0. The first-order valence-corrected chi connectivity index (χ1v) is 6.69. The molecule has 1 aliphatic rings. The molecule has 1 aliphatic heterocycles. The first-order chi connectivity index (χ1) is 8.74. The average molecular weight is 260 g/mol. The Bertz CT molecular complexity index is 615. The van der Waals surface area contributed by atoms with Gasteiger partial charge in [0.15, 0.2) is 0 Å². The van der Waals surface area contributed by atoms with Gasteiger partial charge in [0.25, 0.3) is 0 Å². The molecule has 2 heterocycles. The van der Waals surface area contributed by atoms with Crippen molar-refractivity contribution in [1.29, 1.82) is 0 Å². The number of hydrogen-bond acceptors (Lipinski definition) is 5. The highest BCUT2D eigenvalue weighted by molar-refractivity contribution is 8.00. The maximum absolute atomic E-state index is 11.5. The van der Waals surface area contributed by atoms with Gasteiger partial charge >= 0.3 is 5.97 Å². The van der Waals surface area contributed by atoms with E-state index in [2.05, 4.69) is 9.97 Å². The average Bonchev–Trinajstić information content (AvgIpc) is 2.76. The maximum Gasteiger partial charge on any atom is 0.319 e. The number of fused-ring (bicyclic) bond motifs is 1. The van der Waals surface area contributed by atoms with E-state index in [4.69, 9.17) is 4.74 Å². The van der Waals surface area contributed by atoms with E-state index in [1.165, 1.54) is 11.8 Å². The van der Waals surface area contributed by atoms with Gasteiger partial charge in [0.1, 0.15) is 10.3 Å². The van der Waals surface area contributed by atoms with E-state index >= 15 is 0 Å². The molecule has 0 bridgehead atoms. The van der Waals surface area contributed by atoms with Gasteiger partial charge in [0.05, 0.1) is 23.3 Å². The number of para-hydroxylation sites is 2. The van der Waals surface area contributed by atoms with Crippen LogP contribution in [0.3, 0.4) is 0 Å². The third-order valence-electron chi connectivity index (χ3n) is 2.84. The topological polar surface area (TPSA) is 52.1 Å². The quantitative estimate of drug-likeness (QED) is 0.776. The van der Waals surface area contributed by atoms with Crippen LogP contribution in [0.4, 0.5) is 0 Å². The van der Waals surface area contributed by atoms with Gasteiger partial charge in [-0.1, -0.05) is 23.9 Å². The molecule has 4 nitrogen and oxygen atoms in total. The molecule has 18 heavy (non-hydrogen) atoms. The Balaban J connectivity index is 1.96. The highest BCUT2D eigenvalue weighted by Gasteiger charge is 2.28. The van der Waals surface area contributed by atoms with Crippen LogP contribution in [0.2, 0.25) is 0 Å². The van der Waals surface area contributed by atoms with Crippen molar-refractivity contribution in [2.24, 2.45) is 0 Å². The van der Waals surface area contributed by atoms with Crippen molar-refractivity contribution < 1.29 is 9.53 Å². The molecule has 1 fully saturated rings. The summed E-state index contributed by atoms with van der Waals surface area (Å²) in [5.41, 5.74) is 2.60. The lowest BCUT2D eigenvalue weighted by atomic mass is 10.3. The number of esters is 1. The van der Waals surface area contributed by atoms with Crippen molar-refractivity contribution in [3.8, 4) is 0 Å². The lowest BCUT2D eigenvalue weighted by Crippen LogP contribution is -2.10. The molecule has 1 aromatic heterocycles. The Hall–Kier alpha value is -1.62. The number of aromatic nitrogens is 2. The van der Waals surface area contributed by atoms with Crippen molar-refractivity contribution in [1.82, 2.24) is 9.97 Å². The second kappa shape index (κ2) is 4.57. The van der Waals surface area contributed by atoms with Crippen molar-refractivity contribution in [2.75, 3.05) is 6.61 Å². The Morgan fingerprint density at radius 2 is 2.00 bits per heavy atom. The molecule has 1 atom stereocenters. The molecule has 0 saturated carbocycles. The van der Waals surface area contributed by atoms with Gasteiger partial charge < -0.3 is 4.74 Å². The largest absolute Gasteiger partial charge is 0.465 e. The predicted octanol–water partition coefficient (Wildman–Crippen LogP) is 2.35. The highest BCUT2D eigenvalue weighted by Crippen LogP contribution is 2.30. The zero-order valence-electron chi connectivity index (χ0n) is 9.92. The van der Waals surface area contributed by atoms with Gasteiger partial charge in [-0.3, -0.25) is 4.79 Å². The standard InChI is InChI=1S/C13H12N2O2S/c1-8-12(18-11-6-7-17-13(11)16)15-10-5-3-2-4-9(10)14-8/h2-5,11H,6-7H2,1H3/t11-/m1/s1. The molecule has 5 heteroatoms. The van der Waals surface area contributed by atoms with Gasteiger partial charge in [-0.05, 0) is 19.1 Å². The van der Waals surface area contributed by atoms with Crippen LogP contribution in [0.1, 0.15) is 12.1 Å². The number of carbonyl (C=O) groups is 1. The number of rotatable bonds is 2. The van der Waals surface area contributed by atoms with Crippen LogP contribution in [-0.4, -0.2) is 27.8 Å². The number of carbonyl (C=O) groups excluding carboxylic acids is 1. The first kappa shape index (κ1) is 11.5. The van der Waals surface area contributed by atoms with E-state index in [-0.39, 0.29) is 11.2 Å². The second-order valence-corrected chi connectivity index (χ2v) is 5.36. The third-order valence-corrected chi connectivity index (χ3v) is 4.17. The molecule has 1 saturated heterocycles. The van der Waals surface area contributed by atoms with Crippen LogP contribution >= 0.6 is 11.8 Å². The Kier molecular flexibility index (Phi) is 2.91. The van der Waals surface area contributed by atoms with Crippen LogP contribution in [0, 0.1) is 6.92 Å². The molecule has 92 valence electrons. The van der Waals surface area contributed by atoms with Crippen molar-refractivity contribution in [3.05, 3.63) is 30.0 Å². The number of thioether (sulfide) groups is 1. The number of cyclic esters (lactones) is 1. The molecule has 1 aromatic carbocycles. The SMILES string of the molecule is Cc1nc2ccccc2nc1S[C@@H]1CCOC1=O. The molecular formula is C13H12N2O2S. The van der Waals surface area contributed by atoms with E-state index in [0.29, 0.717) is 6.61 Å². The summed E-state index contributed by atoms with van der Waals surface area (Å²) in [6.07, 6.45) is 0.747. The maximum atomic E-state index is 11.5. The Labute approximate surface area is 109 Å². The molecule has 0 spiro atoms. The van der Waals surface area contributed by atoms with Gasteiger partial charge in [-0.15, -0.1) is 0 Å². The van der Waals surface area contributed by atoms with Gasteiger partial charge in [0, 0.05) is 6.42 Å². The predicted molar refractivity (Wildman–Crippen MR) is 69.5 cm³/mol. The molecular weight excluding hydrogens is 248 g/mol. The lowest BCUT2D eigenvalue weighted by Gasteiger charge is -2.08. The molecule has 0 aliphatic carbocycles. The Morgan fingerprint density at radius 3 is 2.67 bits per heavy atom. The monoisotopic (exact) mass is 260 g/mol.